The van der Waals surface area contributed by atoms with E-state index in [0.717, 1.165) is 6.07 Å². The molecular weight excluding hydrogens is 441 g/mol. The van der Waals surface area contributed by atoms with Gasteiger partial charge in [-0.15, -0.1) is 0 Å². The number of carbonyl (C=O) groups excluding carboxylic acids is 1. The van der Waals surface area contributed by atoms with Crippen LogP contribution >= 0.6 is 11.6 Å². The molecule has 1 N–H and O–H groups in total. The first-order valence-corrected chi connectivity index (χ1v) is 9.93. The van der Waals surface area contributed by atoms with Crippen LogP contribution in [0.3, 0.4) is 0 Å². The Kier molecular flexibility index (Phi) is 5.57. The zero-order chi connectivity index (χ0) is 23.0. The molecule has 0 bridgehead atoms. The summed E-state index contributed by atoms with van der Waals surface area (Å²) in [7, 11) is 0. The number of hydrogen-bond donors (Lipinski definition) is 1. The van der Waals surface area contributed by atoms with E-state index in [1.165, 1.54) is 24.3 Å². The lowest BCUT2D eigenvalue weighted by atomic mass is 9.94. The van der Waals surface area contributed by atoms with Crippen LogP contribution in [-0.2, 0) is 15.7 Å². The molecule has 32 heavy (non-hydrogen) atoms. The molecule has 0 unspecified atom stereocenters. The summed E-state index contributed by atoms with van der Waals surface area (Å²) in [6, 6.07) is 16.6. The van der Waals surface area contributed by atoms with Crippen LogP contribution in [0, 0.1) is 6.92 Å². The van der Waals surface area contributed by atoms with E-state index >= 15 is 0 Å². The molecule has 1 heterocycles. The smallest absolute Gasteiger partial charge is 0.417 e. The van der Waals surface area contributed by atoms with Crippen molar-refractivity contribution in [3.63, 3.8) is 0 Å². The molecule has 4 rings (SSSR count). The summed E-state index contributed by atoms with van der Waals surface area (Å²) in [5.41, 5.74) is 1.35. The van der Waals surface area contributed by atoms with E-state index in [0.29, 0.717) is 27.3 Å². The van der Waals surface area contributed by atoms with Gasteiger partial charge in [-0.25, -0.2) is 4.79 Å². The fraction of sp³-hybridized carbons (Fsp3) is 0.0800. The standard InChI is InChI=1S/C25H16ClF3O3/c1-14-11-15(9-10-18(14)19-7-2-3-8-20(19)25(27,28)29)12-21-23(30)22(24(31)32-21)16-5-4-6-17(26)13-16/h2-13,30H,1H3/b21-12+. The summed E-state index contributed by atoms with van der Waals surface area (Å²) >= 11 is 5.97. The number of cyclic esters (lactones) is 1. The number of carbonyl (C=O) groups is 1. The number of aliphatic hydroxyl groups is 1. The molecule has 1 aliphatic heterocycles. The summed E-state index contributed by atoms with van der Waals surface area (Å²) in [4.78, 5) is 12.3. The van der Waals surface area contributed by atoms with E-state index in [-0.39, 0.29) is 22.7 Å². The van der Waals surface area contributed by atoms with Crippen molar-refractivity contribution in [2.24, 2.45) is 0 Å². The number of alkyl halides is 3. The highest BCUT2D eigenvalue weighted by Crippen LogP contribution is 2.39. The monoisotopic (exact) mass is 456 g/mol. The van der Waals surface area contributed by atoms with Crippen LogP contribution in [0.4, 0.5) is 13.2 Å². The normalized spacial score (nSPS) is 15.4. The second kappa shape index (κ2) is 8.20. The molecular formula is C25H16ClF3O3. The number of esters is 1. The van der Waals surface area contributed by atoms with Gasteiger partial charge in [-0.05, 0) is 59.0 Å². The Morgan fingerprint density at radius 1 is 0.969 bits per heavy atom. The third-order valence-electron chi connectivity index (χ3n) is 5.06. The molecule has 0 saturated heterocycles. The van der Waals surface area contributed by atoms with Crippen LogP contribution in [0.25, 0.3) is 22.8 Å². The van der Waals surface area contributed by atoms with Crippen LogP contribution in [-0.4, -0.2) is 11.1 Å². The van der Waals surface area contributed by atoms with Gasteiger partial charge in [0.1, 0.15) is 5.57 Å². The Morgan fingerprint density at radius 3 is 2.41 bits per heavy atom. The molecule has 3 aromatic carbocycles. The SMILES string of the molecule is Cc1cc(/C=C2/OC(=O)C(c3cccc(Cl)c3)=C2O)ccc1-c1ccccc1C(F)(F)F. The molecule has 0 spiro atoms. The average molecular weight is 457 g/mol. The highest BCUT2D eigenvalue weighted by molar-refractivity contribution is 6.31. The van der Waals surface area contributed by atoms with Crippen molar-refractivity contribution >= 4 is 29.2 Å². The molecule has 0 fully saturated rings. The van der Waals surface area contributed by atoms with Gasteiger partial charge in [-0.3, -0.25) is 0 Å². The number of benzene rings is 3. The van der Waals surface area contributed by atoms with Crippen molar-refractivity contribution in [3.05, 3.63) is 106 Å². The summed E-state index contributed by atoms with van der Waals surface area (Å²) < 4.78 is 45.4. The third-order valence-corrected chi connectivity index (χ3v) is 5.30. The minimum Gasteiger partial charge on any atom is -0.504 e. The lowest BCUT2D eigenvalue weighted by Gasteiger charge is -2.15. The van der Waals surface area contributed by atoms with E-state index in [9.17, 15) is 23.1 Å². The van der Waals surface area contributed by atoms with Crippen LogP contribution in [0.15, 0.2) is 78.2 Å². The van der Waals surface area contributed by atoms with Gasteiger partial charge in [0.15, 0.2) is 11.5 Å². The lowest BCUT2D eigenvalue weighted by Crippen LogP contribution is -2.07. The predicted molar refractivity (Wildman–Crippen MR) is 117 cm³/mol. The van der Waals surface area contributed by atoms with Crippen molar-refractivity contribution in [2.45, 2.75) is 13.1 Å². The Bertz CT molecular complexity index is 1290. The molecule has 0 aliphatic carbocycles. The van der Waals surface area contributed by atoms with Crippen LogP contribution in [0.1, 0.15) is 22.3 Å². The summed E-state index contributed by atoms with van der Waals surface area (Å²) in [6.07, 6.45) is -3.02. The number of rotatable bonds is 3. The number of aryl methyl sites for hydroxylation is 1. The van der Waals surface area contributed by atoms with Crippen molar-refractivity contribution in [1.29, 1.82) is 0 Å². The number of halogens is 4. The lowest BCUT2D eigenvalue weighted by molar-refractivity contribution is -0.137. The largest absolute Gasteiger partial charge is 0.504 e. The first kappa shape index (κ1) is 21.7. The molecule has 0 atom stereocenters. The Morgan fingerprint density at radius 2 is 1.72 bits per heavy atom. The molecule has 0 aromatic heterocycles. The first-order chi connectivity index (χ1) is 15.1. The van der Waals surface area contributed by atoms with E-state index in [1.807, 2.05) is 0 Å². The maximum atomic E-state index is 13.4. The van der Waals surface area contributed by atoms with Gasteiger partial charge in [0.2, 0.25) is 0 Å². The number of hydrogen-bond acceptors (Lipinski definition) is 3. The van der Waals surface area contributed by atoms with Gasteiger partial charge >= 0.3 is 12.1 Å². The maximum Gasteiger partial charge on any atom is 0.417 e. The molecule has 162 valence electrons. The molecule has 1 aliphatic rings. The predicted octanol–water partition coefficient (Wildman–Crippen LogP) is 7.20. The summed E-state index contributed by atoms with van der Waals surface area (Å²) in [6.45, 7) is 1.69. The van der Waals surface area contributed by atoms with Crippen LogP contribution in [0.5, 0.6) is 0 Å². The fourth-order valence-corrected chi connectivity index (χ4v) is 3.80. The second-order valence-corrected chi connectivity index (χ2v) is 7.69. The fourth-order valence-electron chi connectivity index (χ4n) is 3.61. The third kappa shape index (κ3) is 4.14. The Balaban J connectivity index is 1.72. The zero-order valence-corrected chi connectivity index (χ0v) is 17.5. The van der Waals surface area contributed by atoms with Crippen molar-refractivity contribution < 1.29 is 27.8 Å². The van der Waals surface area contributed by atoms with Gasteiger partial charge in [0.25, 0.3) is 0 Å². The molecule has 0 amide bonds. The van der Waals surface area contributed by atoms with E-state index in [1.54, 1.807) is 49.4 Å². The highest BCUT2D eigenvalue weighted by atomic mass is 35.5. The van der Waals surface area contributed by atoms with Gasteiger partial charge in [0.05, 0.1) is 5.56 Å². The first-order valence-electron chi connectivity index (χ1n) is 9.56. The highest BCUT2D eigenvalue weighted by Gasteiger charge is 2.34. The number of ether oxygens (including phenoxy) is 1. The Labute approximate surface area is 187 Å². The zero-order valence-electron chi connectivity index (χ0n) is 16.7. The number of aliphatic hydroxyl groups excluding tert-OH is 1. The maximum absolute atomic E-state index is 13.4. The van der Waals surface area contributed by atoms with E-state index < -0.39 is 17.7 Å². The average Bonchev–Trinajstić information content (AvgIpc) is 3.00. The molecule has 0 radical (unpaired) electrons. The quantitative estimate of drug-likeness (QED) is 0.424. The van der Waals surface area contributed by atoms with Crippen LogP contribution < -0.4 is 0 Å². The van der Waals surface area contributed by atoms with Crippen molar-refractivity contribution in [3.8, 4) is 11.1 Å². The van der Waals surface area contributed by atoms with Gasteiger partial charge in [-0.2, -0.15) is 13.2 Å². The molecule has 3 aromatic rings. The molecule has 3 nitrogen and oxygen atoms in total. The van der Waals surface area contributed by atoms with Gasteiger partial charge in [0, 0.05) is 5.02 Å². The van der Waals surface area contributed by atoms with E-state index in [4.69, 9.17) is 16.3 Å². The van der Waals surface area contributed by atoms with Crippen molar-refractivity contribution in [2.75, 3.05) is 0 Å². The summed E-state index contributed by atoms with van der Waals surface area (Å²) in [5.74, 6) is -1.10. The summed E-state index contributed by atoms with van der Waals surface area (Å²) in [5, 5.41) is 11.0. The second-order valence-electron chi connectivity index (χ2n) is 7.25. The molecule has 0 saturated carbocycles. The molecule has 7 heteroatoms. The van der Waals surface area contributed by atoms with Gasteiger partial charge < -0.3 is 9.84 Å². The van der Waals surface area contributed by atoms with E-state index in [2.05, 4.69) is 0 Å². The van der Waals surface area contributed by atoms with Crippen molar-refractivity contribution in [1.82, 2.24) is 0 Å². The topological polar surface area (TPSA) is 46.5 Å². The minimum absolute atomic E-state index is 0.00815. The van der Waals surface area contributed by atoms with Gasteiger partial charge in [-0.1, -0.05) is 60.1 Å². The van der Waals surface area contributed by atoms with Crippen LogP contribution in [0.2, 0.25) is 5.02 Å². The Hall–Kier alpha value is -3.51. The minimum atomic E-state index is -4.48.